The number of ether oxygens (including phenoxy) is 1. The van der Waals surface area contributed by atoms with E-state index in [9.17, 15) is 19.1 Å². The molecule has 1 aliphatic heterocycles. The van der Waals surface area contributed by atoms with Crippen LogP contribution in [0.15, 0.2) is 46.0 Å². The number of thiazole rings is 1. The van der Waals surface area contributed by atoms with Gasteiger partial charge in [-0.05, 0) is 43.7 Å². The van der Waals surface area contributed by atoms with E-state index in [1.807, 2.05) is 5.38 Å². The molecule has 174 valence electrons. The van der Waals surface area contributed by atoms with E-state index < -0.39 is 29.7 Å². The Hall–Kier alpha value is -2.78. The number of nitrogens with one attached hydrogen (secondary N) is 1. The largest absolute Gasteiger partial charge is 0.481 e. The van der Waals surface area contributed by atoms with Gasteiger partial charge in [0.1, 0.15) is 11.9 Å². The summed E-state index contributed by atoms with van der Waals surface area (Å²) in [5.41, 5.74) is 1.41. The number of aliphatic carboxylic acids is 1. The fourth-order valence-corrected chi connectivity index (χ4v) is 5.31. The minimum absolute atomic E-state index is 0.101. The van der Waals surface area contributed by atoms with E-state index in [1.165, 1.54) is 36.6 Å². The first-order valence-corrected chi connectivity index (χ1v) is 11.9. The molecule has 0 amide bonds. The quantitative estimate of drug-likeness (QED) is 0.463. The monoisotopic (exact) mass is 491 g/mol. The first-order chi connectivity index (χ1) is 15.9. The van der Waals surface area contributed by atoms with Gasteiger partial charge in [0.2, 0.25) is 0 Å². The van der Waals surface area contributed by atoms with Crippen LogP contribution in [-0.2, 0) is 14.3 Å². The molecule has 2 heterocycles. The van der Waals surface area contributed by atoms with Crippen LogP contribution in [0.1, 0.15) is 48.7 Å². The number of rotatable bonds is 5. The Morgan fingerprint density at radius 3 is 2.76 bits per heavy atom. The van der Waals surface area contributed by atoms with E-state index in [4.69, 9.17) is 21.3 Å². The van der Waals surface area contributed by atoms with Crippen molar-refractivity contribution < 1.29 is 23.8 Å². The third-order valence-electron chi connectivity index (χ3n) is 6.10. The van der Waals surface area contributed by atoms with Crippen molar-refractivity contribution >= 4 is 40.7 Å². The van der Waals surface area contributed by atoms with Crippen molar-refractivity contribution in [2.45, 2.75) is 38.1 Å². The van der Waals surface area contributed by atoms with Crippen LogP contribution in [0, 0.1) is 17.7 Å². The van der Waals surface area contributed by atoms with Gasteiger partial charge in [0.05, 0.1) is 18.6 Å². The molecule has 4 rings (SSSR count). The highest BCUT2D eigenvalue weighted by atomic mass is 35.5. The molecule has 0 spiro atoms. The first kappa shape index (κ1) is 23.4. The average Bonchev–Trinajstić information content (AvgIpc) is 3.22. The van der Waals surface area contributed by atoms with Crippen LogP contribution < -0.4 is 5.32 Å². The first-order valence-electron chi connectivity index (χ1n) is 10.6. The van der Waals surface area contributed by atoms with Gasteiger partial charge in [0.25, 0.3) is 0 Å². The lowest BCUT2D eigenvalue weighted by molar-refractivity contribution is -0.142. The van der Waals surface area contributed by atoms with Crippen molar-refractivity contribution in [2.75, 3.05) is 7.11 Å². The zero-order valence-corrected chi connectivity index (χ0v) is 19.5. The Morgan fingerprint density at radius 2 is 2.09 bits per heavy atom. The van der Waals surface area contributed by atoms with Crippen LogP contribution in [0.3, 0.4) is 0 Å². The molecule has 2 N–H and O–H groups in total. The number of hydrogen-bond donors (Lipinski definition) is 2. The smallest absolute Gasteiger partial charge is 0.338 e. The molecule has 1 aromatic carbocycles. The van der Waals surface area contributed by atoms with E-state index in [2.05, 4.69) is 10.3 Å². The summed E-state index contributed by atoms with van der Waals surface area (Å²) in [5.74, 6) is -1.88. The van der Waals surface area contributed by atoms with Crippen molar-refractivity contribution in [2.24, 2.45) is 16.8 Å². The number of nitrogens with zero attached hydrogens (tertiary/aromatic N) is 2. The van der Waals surface area contributed by atoms with Gasteiger partial charge < -0.3 is 15.2 Å². The van der Waals surface area contributed by atoms with E-state index in [-0.39, 0.29) is 10.9 Å². The van der Waals surface area contributed by atoms with Crippen molar-refractivity contribution in [3.05, 3.63) is 62.5 Å². The predicted molar refractivity (Wildman–Crippen MR) is 123 cm³/mol. The molecule has 1 aromatic heterocycles. The van der Waals surface area contributed by atoms with Crippen molar-refractivity contribution in [3.8, 4) is 0 Å². The zero-order valence-electron chi connectivity index (χ0n) is 17.9. The van der Waals surface area contributed by atoms with Gasteiger partial charge in [0.15, 0.2) is 10.8 Å². The maximum absolute atomic E-state index is 13.8. The van der Waals surface area contributed by atoms with Crippen LogP contribution in [0.25, 0.3) is 0 Å². The standard InChI is InChI=1S/C23H23ClFN3O4S/c1-32-23(31)17-18(12-3-2-4-13(6-5-12)22(29)30)27-20(21-26-9-10-33-21)28-19(17)15-8-7-14(25)11-16(15)24/h7-13,19H,2-6H2,1H3,(H,27,28)(H,29,30). The predicted octanol–water partition coefficient (Wildman–Crippen LogP) is 4.73. The lowest BCUT2D eigenvalue weighted by Gasteiger charge is -2.31. The number of amidine groups is 1. The van der Waals surface area contributed by atoms with E-state index in [1.54, 1.807) is 6.20 Å². The Balaban J connectivity index is 1.83. The van der Waals surface area contributed by atoms with E-state index in [0.29, 0.717) is 59.8 Å². The number of carboxylic acid groups (broad SMARTS) is 1. The highest BCUT2D eigenvalue weighted by Crippen LogP contribution is 2.41. The molecule has 2 aromatic rings. The summed E-state index contributed by atoms with van der Waals surface area (Å²) in [6.45, 7) is 0. The van der Waals surface area contributed by atoms with Gasteiger partial charge in [-0.1, -0.05) is 24.1 Å². The van der Waals surface area contributed by atoms with Gasteiger partial charge in [-0.15, -0.1) is 11.3 Å². The summed E-state index contributed by atoms with van der Waals surface area (Å²) in [6.07, 6.45) is 4.77. The average molecular weight is 492 g/mol. The van der Waals surface area contributed by atoms with E-state index in [0.717, 1.165) is 0 Å². The number of allylic oxidation sites excluding steroid dienone is 1. The topological polar surface area (TPSA) is 101 Å². The van der Waals surface area contributed by atoms with Crippen molar-refractivity contribution in [1.29, 1.82) is 0 Å². The number of aromatic nitrogens is 1. The van der Waals surface area contributed by atoms with Crippen LogP contribution in [0.4, 0.5) is 4.39 Å². The second-order valence-electron chi connectivity index (χ2n) is 8.07. The summed E-state index contributed by atoms with van der Waals surface area (Å²) in [4.78, 5) is 33.7. The maximum atomic E-state index is 13.8. The van der Waals surface area contributed by atoms with Gasteiger partial charge in [-0.2, -0.15) is 0 Å². The maximum Gasteiger partial charge on any atom is 0.338 e. The molecular weight excluding hydrogens is 469 g/mol. The van der Waals surface area contributed by atoms with Crippen LogP contribution >= 0.6 is 22.9 Å². The summed E-state index contributed by atoms with van der Waals surface area (Å²) in [6, 6.07) is 3.17. The number of halogens is 2. The molecule has 1 saturated carbocycles. The second kappa shape index (κ2) is 10.0. The van der Waals surface area contributed by atoms with Crippen LogP contribution in [0.5, 0.6) is 0 Å². The number of aliphatic imine (C=N–C) groups is 1. The van der Waals surface area contributed by atoms with Gasteiger partial charge in [0, 0.05) is 27.9 Å². The molecule has 0 saturated heterocycles. The number of benzene rings is 1. The Morgan fingerprint density at radius 1 is 1.27 bits per heavy atom. The Labute approximate surface area is 199 Å². The van der Waals surface area contributed by atoms with Gasteiger partial charge in [-0.3, -0.25) is 9.79 Å². The molecule has 0 radical (unpaired) electrons. The third kappa shape index (κ3) is 4.94. The minimum atomic E-state index is -0.820. The number of carbonyl (C=O) groups is 2. The highest BCUT2D eigenvalue weighted by molar-refractivity contribution is 7.11. The lowest BCUT2D eigenvalue weighted by Crippen LogP contribution is -2.37. The summed E-state index contributed by atoms with van der Waals surface area (Å²) < 4.78 is 18.9. The fourth-order valence-electron chi connectivity index (χ4n) is 4.46. The second-order valence-corrected chi connectivity index (χ2v) is 9.37. The molecule has 1 fully saturated rings. The molecule has 10 heteroatoms. The summed E-state index contributed by atoms with van der Waals surface area (Å²) in [5, 5.41) is 15.4. The normalized spacial score (nSPS) is 23.4. The van der Waals surface area contributed by atoms with E-state index >= 15 is 0 Å². The van der Waals surface area contributed by atoms with Gasteiger partial charge in [-0.25, -0.2) is 14.2 Å². The van der Waals surface area contributed by atoms with Crippen molar-refractivity contribution in [3.63, 3.8) is 0 Å². The number of methoxy groups -OCH3 is 1. The van der Waals surface area contributed by atoms with Crippen LogP contribution in [-0.4, -0.2) is 35.0 Å². The number of esters is 1. The molecule has 3 atom stereocenters. The Kier molecular flexibility index (Phi) is 7.09. The zero-order chi connectivity index (χ0) is 23.5. The third-order valence-corrected chi connectivity index (χ3v) is 7.21. The van der Waals surface area contributed by atoms with Crippen LogP contribution in [0.2, 0.25) is 5.02 Å². The summed E-state index contributed by atoms with van der Waals surface area (Å²) >= 11 is 7.77. The molecule has 2 aliphatic rings. The lowest BCUT2D eigenvalue weighted by atomic mass is 9.87. The molecule has 33 heavy (non-hydrogen) atoms. The SMILES string of the molecule is COC(=O)C1=C(C2CCCC(C(=O)O)CC2)NC(c2nccs2)=NC1c1ccc(F)cc1Cl. The minimum Gasteiger partial charge on any atom is -0.481 e. The summed E-state index contributed by atoms with van der Waals surface area (Å²) in [7, 11) is 1.30. The highest BCUT2D eigenvalue weighted by Gasteiger charge is 2.37. The van der Waals surface area contributed by atoms with Gasteiger partial charge >= 0.3 is 11.9 Å². The molecule has 3 unspecified atom stereocenters. The fraction of sp³-hybridized carbons (Fsp3) is 0.391. The molecule has 0 bridgehead atoms. The molecule has 1 aliphatic carbocycles. The molecular formula is C23H23ClFN3O4S. The number of carbonyl (C=O) groups excluding carboxylic acids is 1. The Bertz CT molecular complexity index is 1120. The van der Waals surface area contributed by atoms with Crippen molar-refractivity contribution in [1.82, 2.24) is 10.3 Å². The molecule has 7 nitrogen and oxygen atoms in total. The number of hydrogen-bond acceptors (Lipinski definition) is 7. The number of carboxylic acids is 1.